The Balaban J connectivity index is 1.54. The summed E-state index contributed by atoms with van der Waals surface area (Å²) in [5.41, 5.74) is 1.21. The van der Waals surface area contributed by atoms with Crippen molar-refractivity contribution < 1.29 is 13.6 Å². The molecular formula is C20H19FN2O2S. The van der Waals surface area contributed by atoms with E-state index in [-0.39, 0.29) is 17.8 Å². The minimum absolute atomic E-state index is 0.0957. The standard InChI is InChI=1S/C20H19FN2O2S/c21-14-8-6-13(7-9-14)18-11-10-16(25-18)12-17-19(24)23(20(26)22-17)15-4-2-1-3-5-15/h6-12,15H,1-5H2,(H,22,26). The number of halogens is 1. The Morgan fingerprint density at radius 2 is 1.85 bits per heavy atom. The number of benzene rings is 1. The van der Waals surface area contributed by atoms with Gasteiger partial charge in [0.1, 0.15) is 23.0 Å². The smallest absolute Gasteiger partial charge is 0.276 e. The van der Waals surface area contributed by atoms with Gasteiger partial charge in [0, 0.05) is 17.7 Å². The lowest BCUT2D eigenvalue weighted by molar-refractivity contribution is -0.124. The van der Waals surface area contributed by atoms with Crippen LogP contribution in [0.15, 0.2) is 46.5 Å². The number of rotatable bonds is 3. The molecule has 4 rings (SSSR count). The molecular weight excluding hydrogens is 351 g/mol. The van der Waals surface area contributed by atoms with Crippen LogP contribution in [0, 0.1) is 5.82 Å². The van der Waals surface area contributed by atoms with E-state index in [1.165, 1.54) is 18.6 Å². The Labute approximate surface area is 156 Å². The van der Waals surface area contributed by atoms with E-state index in [0.717, 1.165) is 31.2 Å². The highest BCUT2D eigenvalue weighted by molar-refractivity contribution is 7.80. The normalized spacial score (nSPS) is 20.0. The van der Waals surface area contributed by atoms with E-state index in [9.17, 15) is 9.18 Å². The molecule has 134 valence electrons. The zero-order valence-electron chi connectivity index (χ0n) is 14.2. The lowest BCUT2D eigenvalue weighted by atomic mass is 9.94. The Morgan fingerprint density at radius 3 is 2.58 bits per heavy atom. The SMILES string of the molecule is O=C1C(=Cc2ccc(-c3ccc(F)cc3)o2)NC(=S)N1C1CCCCC1. The molecule has 2 aliphatic rings. The van der Waals surface area contributed by atoms with Gasteiger partial charge in [-0.3, -0.25) is 9.69 Å². The lowest BCUT2D eigenvalue weighted by Crippen LogP contribution is -2.41. The number of furan rings is 1. The highest BCUT2D eigenvalue weighted by atomic mass is 32.1. The molecule has 0 bridgehead atoms. The Kier molecular flexibility index (Phi) is 4.59. The fraction of sp³-hybridized carbons (Fsp3) is 0.300. The quantitative estimate of drug-likeness (QED) is 0.639. The average Bonchev–Trinajstić information content (AvgIpc) is 3.21. The topological polar surface area (TPSA) is 45.5 Å². The van der Waals surface area contributed by atoms with E-state index in [1.54, 1.807) is 35.2 Å². The van der Waals surface area contributed by atoms with Crippen molar-refractivity contribution in [3.63, 3.8) is 0 Å². The number of thiocarbonyl (C=S) groups is 1. The molecule has 0 spiro atoms. The highest BCUT2D eigenvalue weighted by Crippen LogP contribution is 2.28. The zero-order chi connectivity index (χ0) is 18.1. The summed E-state index contributed by atoms with van der Waals surface area (Å²) in [6.45, 7) is 0. The van der Waals surface area contributed by atoms with Gasteiger partial charge >= 0.3 is 0 Å². The van der Waals surface area contributed by atoms with Gasteiger partial charge in [-0.1, -0.05) is 19.3 Å². The van der Waals surface area contributed by atoms with Gasteiger partial charge in [-0.05, 0) is 61.5 Å². The summed E-state index contributed by atoms with van der Waals surface area (Å²) < 4.78 is 18.8. The van der Waals surface area contributed by atoms with Crippen LogP contribution in [0.5, 0.6) is 0 Å². The molecule has 2 aromatic rings. The molecule has 1 aliphatic heterocycles. The second-order valence-corrected chi connectivity index (χ2v) is 7.05. The molecule has 2 heterocycles. The van der Waals surface area contributed by atoms with E-state index in [1.807, 2.05) is 0 Å². The fourth-order valence-corrected chi connectivity index (χ4v) is 3.90. The number of carbonyl (C=O) groups is 1. The summed E-state index contributed by atoms with van der Waals surface area (Å²) in [4.78, 5) is 14.5. The van der Waals surface area contributed by atoms with Crippen LogP contribution < -0.4 is 5.32 Å². The number of hydrogen-bond donors (Lipinski definition) is 1. The number of amides is 1. The van der Waals surface area contributed by atoms with Crippen molar-refractivity contribution in [1.82, 2.24) is 10.2 Å². The molecule has 1 aromatic heterocycles. The maximum Gasteiger partial charge on any atom is 0.276 e. The van der Waals surface area contributed by atoms with Crippen molar-refractivity contribution in [2.24, 2.45) is 0 Å². The van der Waals surface area contributed by atoms with Gasteiger partial charge in [-0.2, -0.15) is 0 Å². The van der Waals surface area contributed by atoms with Crippen molar-refractivity contribution in [1.29, 1.82) is 0 Å². The van der Waals surface area contributed by atoms with Gasteiger partial charge < -0.3 is 9.73 Å². The Hall–Kier alpha value is -2.47. The Morgan fingerprint density at radius 1 is 1.12 bits per heavy atom. The molecule has 0 unspecified atom stereocenters. The third kappa shape index (κ3) is 3.29. The number of carbonyl (C=O) groups excluding carboxylic acids is 1. The molecule has 1 saturated heterocycles. The summed E-state index contributed by atoms with van der Waals surface area (Å²) in [7, 11) is 0. The summed E-state index contributed by atoms with van der Waals surface area (Å²) in [5, 5.41) is 3.49. The van der Waals surface area contributed by atoms with E-state index < -0.39 is 0 Å². The maximum absolute atomic E-state index is 13.0. The summed E-state index contributed by atoms with van der Waals surface area (Å²) in [5.74, 6) is 0.781. The van der Waals surface area contributed by atoms with Crippen molar-refractivity contribution in [3.8, 4) is 11.3 Å². The first-order valence-corrected chi connectivity index (χ1v) is 9.25. The van der Waals surface area contributed by atoms with Gasteiger partial charge in [0.2, 0.25) is 0 Å². The van der Waals surface area contributed by atoms with E-state index in [4.69, 9.17) is 16.6 Å². The highest BCUT2D eigenvalue weighted by Gasteiger charge is 2.36. The average molecular weight is 370 g/mol. The van der Waals surface area contributed by atoms with Crippen LogP contribution in [0.4, 0.5) is 4.39 Å². The van der Waals surface area contributed by atoms with E-state index >= 15 is 0 Å². The lowest BCUT2D eigenvalue weighted by Gasteiger charge is -2.29. The van der Waals surface area contributed by atoms with E-state index in [2.05, 4.69) is 5.32 Å². The minimum atomic E-state index is -0.292. The number of nitrogens with zero attached hydrogens (tertiary/aromatic N) is 1. The van der Waals surface area contributed by atoms with Crippen LogP contribution in [0.1, 0.15) is 37.9 Å². The second-order valence-electron chi connectivity index (χ2n) is 6.66. The monoisotopic (exact) mass is 370 g/mol. The predicted octanol–water partition coefficient (Wildman–Crippen LogP) is 4.48. The van der Waals surface area contributed by atoms with Crippen LogP contribution in [-0.4, -0.2) is 22.0 Å². The summed E-state index contributed by atoms with van der Waals surface area (Å²) >= 11 is 5.37. The van der Waals surface area contributed by atoms with Crippen molar-refractivity contribution in [2.75, 3.05) is 0 Å². The maximum atomic E-state index is 13.0. The summed E-state index contributed by atoms with van der Waals surface area (Å²) in [6, 6.07) is 9.86. The van der Waals surface area contributed by atoms with Crippen LogP contribution in [-0.2, 0) is 4.79 Å². The minimum Gasteiger partial charge on any atom is -0.457 e. The molecule has 0 atom stereocenters. The molecule has 1 amide bonds. The van der Waals surface area contributed by atoms with Gasteiger partial charge in [-0.25, -0.2) is 4.39 Å². The first-order valence-electron chi connectivity index (χ1n) is 8.84. The third-order valence-corrected chi connectivity index (χ3v) is 5.19. The van der Waals surface area contributed by atoms with Crippen molar-refractivity contribution in [2.45, 2.75) is 38.1 Å². The molecule has 0 radical (unpaired) electrons. The van der Waals surface area contributed by atoms with Gasteiger partial charge in [-0.15, -0.1) is 0 Å². The first kappa shape index (κ1) is 17.0. The predicted molar refractivity (Wildman–Crippen MR) is 102 cm³/mol. The second kappa shape index (κ2) is 7.03. The molecule has 2 fully saturated rings. The van der Waals surface area contributed by atoms with Crippen LogP contribution in [0.25, 0.3) is 17.4 Å². The van der Waals surface area contributed by atoms with Crippen LogP contribution in [0.2, 0.25) is 0 Å². The van der Waals surface area contributed by atoms with Crippen LogP contribution in [0.3, 0.4) is 0 Å². The fourth-order valence-electron chi connectivity index (χ4n) is 3.56. The largest absolute Gasteiger partial charge is 0.457 e. The zero-order valence-corrected chi connectivity index (χ0v) is 15.0. The molecule has 1 N–H and O–H groups in total. The molecule has 4 nitrogen and oxygen atoms in total. The van der Waals surface area contributed by atoms with Gasteiger partial charge in [0.15, 0.2) is 5.11 Å². The summed E-state index contributed by atoms with van der Waals surface area (Å²) in [6.07, 6.45) is 7.15. The Bertz CT molecular complexity index is 866. The van der Waals surface area contributed by atoms with Crippen molar-refractivity contribution in [3.05, 3.63) is 53.7 Å². The first-order chi connectivity index (χ1) is 12.6. The van der Waals surface area contributed by atoms with Crippen LogP contribution >= 0.6 is 12.2 Å². The third-order valence-electron chi connectivity index (χ3n) is 4.89. The molecule has 26 heavy (non-hydrogen) atoms. The van der Waals surface area contributed by atoms with Gasteiger partial charge in [0.05, 0.1) is 0 Å². The molecule has 1 saturated carbocycles. The molecule has 1 aliphatic carbocycles. The van der Waals surface area contributed by atoms with Gasteiger partial charge in [0.25, 0.3) is 5.91 Å². The molecule has 6 heteroatoms. The van der Waals surface area contributed by atoms with Crippen molar-refractivity contribution >= 4 is 29.3 Å². The number of nitrogens with one attached hydrogen (secondary N) is 1. The number of hydrogen-bond acceptors (Lipinski definition) is 3. The van der Waals surface area contributed by atoms with E-state index in [0.29, 0.717) is 22.3 Å². The molecule has 1 aromatic carbocycles.